The summed E-state index contributed by atoms with van der Waals surface area (Å²) in [6.07, 6.45) is 3.03. The quantitative estimate of drug-likeness (QED) is 0.734. The Morgan fingerprint density at radius 2 is 2.13 bits per heavy atom. The maximum absolute atomic E-state index is 11.7. The van der Waals surface area contributed by atoms with Gasteiger partial charge in [0, 0.05) is 12.3 Å². The first-order valence-electron chi connectivity index (χ1n) is 5.79. The van der Waals surface area contributed by atoms with E-state index in [4.69, 9.17) is 0 Å². The lowest BCUT2D eigenvalue weighted by molar-refractivity contribution is -0.122. The Morgan fingerprint density at radius 3 is 2.87 bits per heavy atom. The molecule has 1 aliphatic carbocycles. The minimum atomic E-state index is 0.178. The lowest BCUT2D eigenvalue weighted by Crippen LogP contribution is -2.10. The second-order valence-corrected chi connectivity index (χ2v) is 4.76. The van der Waals surface area contributed by atoms with Gasteiger partial charge in [0.2, 0.25) is 0 Å². The number of aryl methyl sites for hydroxylation is 1. The predicted molar refractivity (Wildman–Crippen MR) is 62.0 cm³/mol. The highest BCUT2D eigenvalue weighted by Crippen LogP contribution is 2.35. The molecule has 1 heteroatoms. The molecule has 1 aromatic carbocycles. The Hall–Kier alpha value is -1.11. The van der Waals surface area contributed by atoms with Gasteiger partial charge in [-0.3, -0.25) is 4.79 Å². The molecule has 0 heterocycles. The van der Waals surface area contributed by atoms with E-state index in [9.17, 15) is 4.79 Å². The van der Waals surface area contributed by atoms with Gasteiger partial charge in [-0.2, -0.15) is 0 Å². The maximum atomic E-state index is 11.7. The van der Waals surface area contributed by atoms with Crippen molar-refractivity contribution in [1.29, 1.82) is 0 Å². The van der Waals surface area contributed by atoms with Gasteiger partial charge in [0.05, 0.1) is 0 Å². The van der Waals surface area contributed by atoms with E-state index in [2.05, 4.69) is 24.3 Å². The molecular formula is C14H18O. The van der Waals surface area contributed by atoms with Crippen molar-refractivity contribution in [2.24, 2.45) is 5.92 Å². The standard InChI is InChI=1S/C14H18O/c1-10(2)14(15)9-12-8-7-11-5-3-4-6-13(11)12/h3-6,10,12H,7-9H2,1-2H3. The van der Waals surface area contributed by atoms with Gasteiger partial charge in [-0.15, -0.1) is 0 Å². The molecule has 15 heavy (non-hydrogen) atoms. The zero-order valence-electron chi connectivity index (χ0n) is 9.49. The topological polar surface area (TPSA) is 17.1 Å². The van der Waals surface area contributed by atoms with Crippen LogP contribution in [0.4, 0.5) is 0 Å². The van der Waals surface area contributed by atoms with Crippen LogP contribution >= 0.6 is 0 Å². The molecule has 0 saturated carbocycles. The molecule has 0 N–H and O–H groups in total. The lowest BCUT2D eigenvalue weighted by Gasteiger charge is -2.12. The third-order valence-electron chi connectivity index (χ3n) is 3.35. The Bertz CT molecular complexity index is 365. The molecule has 0 bridgehead atoms. The van der Waals surface area contributed by atoms with Gasteiger partial charge in [-0.05, 0) is 29.9 Å². The Balaban J connectivity index is 2.11. The van der Waals surface area contributed by atoms with Crippen LogP contribution in [0.25, 0.3) is 0 Å². The van der Waals surface area contributed by atoms with Crippen molar-refractivity contribution in [3.05, 3.63) is 35.4 Å². The van der Waals surface area contributed by atoms with Crippen molar-refractivity contribution < 1.29 is 4.79 Å². The third-order valence-corrected chi connectivity index (χ3v) is 3.35. The van der Waals surface area contributed by atoms with Crippen LogP contribution < -0.4 is 0 Å². The van der Waals surface area contributed by atoms with E-state index in [1.54, 1.807) is 0 Å². The van der Waals surface area contributed by atoms with Crippen molar-refractivity contribution in [3.8, 4) is 0 Å². The van der Waals surface area contributed by atoms with Crippen LogP contribution in [0.15, 0.2) is 24.3 Å². The molecule has 80 valence electrons. The molecule has 0 saturated heterocycles. The highest BCUT2D eigenvalue weighted by Gasteiger charge is 2.24. The van der Waals surface area contributed by atoms with E-state index in [1.165, 1.54) is 11.1 Å². The van der Waals surface area contributed by atoms with Gasteiger partial charge in [-0.1, -0.05) is 38.1 Å². The van der Waals surface area contributed by atoms with Crippen LogP contribution in [-0.2, 0) is 11.2 Å². The first-order valence-corrected chi connectivity index (χ1v) is 5.79. The molecule has 0 fully saturated rings. The van der Waals surface area contributed by atoms with Gasteiger partial charge < -0.3 is 0 Å². The molecule has 1 atom stereocenters. The van der Waals surface area contributed by atoms with E-state index in [-0.39, 0.29) is 5.92 Å². The van der Waals surface area contributed by atoms with Gasteiger partial charge in [0.15, 0.2) is 0 Å². The van der Waals surface area contributed by atoms with Gasteiger partial charge >= 0.3 is 0 Å². The number of carbonyl (C=O) groups is 1. The van der Waals surface area contributed by atoms with Crippen LogP contribution in [0.1, 0.15) is 43.7 Å². The van der Waals surface area contributed by atoms with Gasteiger partial charge in [0.25, 0.3) is 0 Å². The number of benzene rings is 1. The predicted octanol–water partition coefficient (Wildman–Crippen LogP) is 3.33. The van der Waals surface area contributed by atoms with Crippen molar-refractivity contribution in [3.63, 3.8) is 0 Å². The minimum absolute atomic E-state index is 0.178. The zero-order chi connectivity index (χ0) is 10.8. The maximum Gasteiger partial charge on any atom is 0.136 e. The van der Waals surface area contributed by atoms with Crippen LogP contribution in [0.2, 0.25) is 0 Å². The largest absolute Gasteiger partial charge is 0.299 e. The fourth-order valence-electron chi connectivity index (χ4n) is 2.34. The van der Waals surface area contributed by atoms with Crippen molar-refractivity contribution in [1.82, 2.24) is 0 Å². The number of Topliss-reactive ketones (excluding diaryl/α,β-unsaturated/α-hetero) is 1. The van der Waals surface area contributed by atoms with Gasteiger partial charge in [0.1, 0.15) is 5.78 Å². The van der Waals surface area contributed by atoms with Crippen LogP contribution in [-0.4, -0.2) is 5.78 Å². The molecule has 0 aliphatic heterocycles. The molecule has 2 rings (SSSR count). The Labute approximate surface area is 91.5 Å². The summed E-state index contributed by atoms with van der Waals surface area (Å²) in [5.74, 6) is 1.06. The highest BCUT2D eigenvalue weighted by atomic mass is 16.1. The molecular weight excluding hydrogens is 184 g/mol. The average Bonchev–Trinajstić information content (AvgIpc) is 2.62. The first-order chi connectivity index (χ1) is 7.18. The van der Waals surface area contributed by atoms with Crippen LogP contribution in [0.3, 0.4) is 0 Å². The number of fused-ring (bicyclic) bond motifs is 1. The third kappa shape index (κ3) is 2.11. The normalized spacial score (nSPS) is 19.3. The highest BCUT2D eigenvalue weighted by molar-refractivity contribution is 5.81. The zero-order valence-corrected chi connectivity index (χ0v) is 9.49. The molecule has 1 aliphatic rings. The second-order valence-electron chi connectivity index (χ2n) is 4.76. The molecule has 0 radical (unpaired) electrons. The van der Waals surface area contributed by atoms with Gasteiger partial charge in [-0.25, -0.2) is 0 Å². The second kappa shape index (κ2) is 4.18. The van der Waals surface area contributed by atoms with Crippen molar-refractivity contribution >= 4 is 5.78 Å². The summed E-state index contributed by atoms with van der Waals surface area (Å²) >= 11 is 0. The number of hydrogen-bond donors (Lipinski definition) is 0. The summed E-state index contributed by atoms with van der Waals surface area (Å²) in [4.78, 5) is 11.7. The fraction of sp³-hybridized carbons (Fsp3) is 0.500. The molecule has 0 amide bonds. The average molecular weight is 202 g/mol. The Morgan fingerprint density at radius 1 is 1.40 bits per heavy atom. The number of carbonyl (C=O) groups excluding carboxylic acids is 1. The number of rotatable bonds is 3. The summed E-state index contributed by atoms with van der Waals surface area (Å²) in [7, 11) is 0. The van der Waals surface area contributed by atoms with E-state index in [0.717, 1.165) is 19.3 Å². The first kappa shape index (κ1) is 10.4. The van der Waals surface area contributed by atoms with E-state index in [1.807, 2.05) is 13.8 Å². The molecule has 1 nitrogen and oxygen atoms in total. The molecule has 0 spiro atoms. The molecule has 0 aromatic heterocycles. The summed E-state index contributed by atoms with van der Waals surface area (Å²) in [6.45, 7) is 3.98. The smallest absolute Gasteiger partial charge is 0.136 e. The van der Waals surface area contributed by atoms with Crippen molar-refractivity contribution in [2.45, 2.75) is 39.0 Å². The molecule has 1 aromatic rings. The van der Waals surface area contributed by atoms with Crippen molar-refractivity contribution in [2.75, 3.05) is 0 Å². The van der Waals surface area contributed by atoms with Crippen LogP contribution in [0, 0.1) is 5.92 Å². The number of ketones is 1. The monoisotopic (exact) mass is 202 g/mol. The van der Waals surface area contributed by atoms with E-state index in [0.29, 0.717) is 11.7 Å². The molecule has 1 unspecified atom stereocenters. The fourth-order valence-corrected chi connectivity index (χ4v) is 2.34. The Kier molecular flexibility index (Phi) is 2.90. The minimum Gasteiger partial charge on any atom is -0.299 e. The summed E-state index contributed by atoms with van der Waals surface area (Å²) < 4.78 is 0. The van der Waals surface area contributed by atoms with Crippen LogP contribution in [0.5, 0.6) is 0 Å². The van der Waals surface area contributed by atoms with E-state index < -0.39 is 0 Å². The SMILES string of the molecule is CC(C)C(=O)CC1CCc2ccccc21. The lowest BCUT2D eigenvalue weighted by atomic mass is 9.92. The number of hydrogen-bond acceptors (Lipinski definition) is 1. The summed E-state index contributed by atoms with van der Waals surface area (Å²) in [6, 6.07) is 8.54. The van der Waals surface area contributed by atoms with E-state index >= 15 is 0 Å². The summed E-state index contributed by atoms with van der Waals surface area (Å²) in [5.41, 5.74) is 2.85. The summed E-state index contributed by atoms with van der Waals surface area (Å²) in [5, 5.41) is 0.